The van der Waals surface area contributed by atoms with Crippen molar-refractivity contribution in [1.82, 2.24) is 0 Å². The second-order valence-corrected chi connectivity index (χ2v) is 16.1. The van der Waals surface area contributed by atoms with Gasteiger partial charge in [0.05, 0.1) is 5.56 Å². The first-order chi connectivity index (χ1) is 34.1. The summed E-state index contributed by atoms with van der Waals surface area (Å²) in [4.78, 5) is 0. The molecule has 0 bridgehead atoms. The monoisotopic (exact) mass is 1040 g/mol. The van der Waals surface area contributed by atoms with Crippen LogP contribution in [0.1, 0.15) is 27.8 Å². The minimum atomic E-state index is -4.76. The SMILES string of the molecule is Cc1ccc(-c2cc(F)c(-c3cc(F)c(C(F)(F)Oc4cc(F)c(C)c(F)c4)c(F)c3)c(F)c2)c(F)c1.Cc1ccc(-c2cc(F)c(C(F)(F)Oc3ccc(-c4cc(F)c(F)c(F)c4)c(F)c3)c(F)c2)c(F)c1. The van der Waals surface area contributed by atoms with E-state index in [9.17, 15) is 79.0 Å². The molecule has 0 aromatic heterocycles. The van der Waals surface area contributed by atoms with Gasteiger partial charge in [-0.25, -0.2) is 61.5 Å². The lowest BCUT2D eigenvalue weighted by Crippen LogP contribution is -2.25. The molecule has 73 heavy (non-hydrogen) atoms. The smallest absolute Gasteiger partial charge is 0.429 e. The zero-order valence-corrected chi connectivity index (χ0v) is 37.1. The predicted octanol–water partition coefficient (Wildman–Crippen LogP) is 17.2. The van der Waals surface area contributed by atoms with Crippen molar-refractivity contribution in [3.63, 3.8) is 0 Å². The van der Waals surface area contributed by atoms with Gasteiger partial charge in [-0.15, -0.1) is 0 Å². The second kappa shape index (κ2) is 20.3. The summed E-state index contributed by atoms with van der Waals surface area (Å²) >= 11 is 0. The van der Waals surface area contributed by atoms with Gasteiger partial charge in [-0.05, 0) is 127 Å². The van der Waals surface area contributed by atoms with Crippen molar-refractivity contribution in [2.24, 2.45) is 0 Å². The summed E-state index contributed by atoms with van der Waals surface area (Å²) in [5, 5.41) is 0. The van der Waals surface area contributed by atoms with E-state index in [1.54, 1.807) is 13.8 Å². The van der Waals surface area contributed by atoms with Crippen LogP contribution in [-0.4, -0.2) is 0 Å². The molecule has 0 aliphatic rings. The first-order valence-electron chi connectivity index (χ1n) is 20.7. The Morgan fingerprint density at radius 1 is 0.301 bits per heavy atom. The van der Waals surface area contributed by atoms with Crippen molar-refractivity contribution in [1.29, 1.82) is 0 Å². The van der Waals surface area contributed by atoms with Crippen LogP contribution >= 0.6 is 0 Å². The Bertz CT molecular complexity index is 3350. The average Bonchev–Trinajstić information content (AvgIpc) is 3.26. The highest BCUT2D eigenvalue weighted by Gasteiger charge is 2.43. The molecular formula is C53H28F18O2. The van der Waals surface area contributed by atoms with Crippen LogP contribution in [0.25, 0.3) is 44.5 Å². The highest BCUT2D eigenvalue weighted by Crippen LogP contribution is 2.41. The molecule has 0 unspecified atom stereocenters. The summed E-state index contributed by atoms with van der Waals surface area (Å²) in [5.74, 6) is -22.3. The summed E-state index contributed by atoms with van der Waals surface area (Å²) in [6.07, 6.45) is -9.40. The van der Waals surface area contributed by atoms with E-state index in [0.29, 0.717) is 53.6 Å². The van der Waals surface area contributed by atoms with Gasteiger partial charge in [0.15, 0.2) is 17.5 Å². The molecule has 0 aliphatic carbocycles. The van der Waals surface area contributed by atoms with Gasteiger partial charge in [0.1, 0.15) is 86.6 Å². The molecule has 20 heteroatoms. The summed E-state index contributed by atoms with van der Waals surface area (Å²) in [6, 6.07) is 14.5. The molecule has 0 heterocycles. The molecule has 8 rings (SSSR count). The first-order valence-corrected chi connectivity index (χ1v) is 20.7. The molecule has 0 fully saturated rings. The van der Waals surface area contributed by atoms with E-state index < -0.39 is 144 Å². The fraction of sp³-hybridized carbons (Fsp3) is 0.0943. The Labute approximate surface area is 401 Å². The van der Waals surface area contributed by atoms with Gasteiger partial charge < -0.3 is 9.47 Å². The van der Waals surface area contributed by atoms with E-state index in [-0.39, 0.29) is 34.4 Å². The third-order valence-electron chi connectivity index (χ3n) is 10.9. The zero-order chi connectivity index (χ0) is 53.6. The first kappa shape index (κ1) is 52.9. The van der Waals surface area contributed by atoms with Crippen LogP contribution in [0.2, 0.25) is 0 Å². The molecule has 0 saturated heterocycles. The van der Waals surface area contributed by atoms with Gasteiger partial charge in [-0.2, -0.15) is 17.6 Å². The summed E-state index contributed by atoms with van der Waals surface area (Å²) < 4.78 is 266. The molecule has 0 atom stereocenters. The average molecular weight is 1040 g/mol. The lowest BCUT2D eigenvalue weighted by molar-refractivity contribution is -0.190. The Kier molecular flexibility index (Phi) is 14.7. The number of halogens is 18. The molecule has 0 N–H and O–H groups in total. The Morgan fingerprint density at radius 3 is 1.00 bits per heavy atom. The van der Waals surface area contributed by atoms with E-state index in [4.69, 9.17) is 0 Å². The van der Waals surface area contributed by atoms with Crippen molar-refractivity contribution in [2.45, 2.75) is 33.0 Å². The van der Waals surface area contributed by atoms with Gasteiger partial charge in [0.25, 0.3) is 0 Å². The maximum atomic E-state index is 14.8. The molecule has 0 spiro atoms. The Morgan fingerprint density at radius 2 is 0.616 bits per heavy atom. The third-order valence-corrected chi connectivity index (χ3v) is 10.9. The molecule has 8 aromatic rings. The third kappa shape index (κ3) is 11.1. The molecule has 0 saturated carbocycles. The van der Waals surface area contributed by atoms with E-state index in [1.165, 1.54) is 24.3 Å². The summed E-state index contributed by atoms with van der Waals surface area (Å²) in [5.41, 5.74) is -6.68. The van der Waals surface area contributed by atoms with Crippen LogP contribution in [0, 0.1) is 102 Å². The van der Waals surface area contributed by atoms with Gasteiger partial charge >= 0.3 is 12.2 Å². The summed E-state index contributed by atoms with van der Waals surface area (Å²) in [7, 11) is 0. The lowest BCUT2D eigenvalue weighted by Gasteiger charge is -2.20. The topological polar surface area (TPSA) is 18.5 Å². The van der Waals surface area contributed by atoms with Gasteiger partial charge in [0, 0.05) is 40.5 Å². The van der Waals surface area contributed by atoms with E-state index >= 15 is 0 Å². The van der Waals surface area contributed by atoms with Gasteiger partial charge in [0.2, 0.25) is 0 Å². The minimum absolute atomic E-state index is 0.136. The van der Waals surface area contributed by atoms with E-state index in [1.807, 2.05) is 0 Å². The number of hydrogen-bond donors (Lipinski definition) is 0. The van der Waals surface area contributed by atoms with E-state index in [0.717, 1.165) is 43.3 Å². The minimum Gasteiger partial charge on any atom is -0.429 e. The molecular weight excluding hydrogens is 1010 g/mol. The van der Waals surface area contributed by atoms with Crippen LogP contribution in [-0.2, 0) is 12.2 Å². The number of rotatable bonds is 10. The fourth-order valence-electron chi connectivity index (χ4n) is 7.30. The standard InChI is InChI=1S/C27H15F9O.C26H13F9O/c1-12-3-4-17(20(30)5-12)14-6-21(31)25(22(32)7-14)15-8-23(33)26(24(34)9-15)27(35,36)37-16-10-18(28)13(2)19(29)11-16;1-12-2-4-16(18(27)6-12)13-7-20(29)24(21(30)8-13)26(34,35)36-15-3-5-17(19(28)11-15)14-9-22(31)25(33)23(32)10-14/h3-11H,1-2H3;2-11H,1H3. The molecule has 2 nitrogen and oxygen atoms in total. The Balaban J connectivity index is 0.000000214. The highest BCUT2D eigenvalue weighted by atomic mass is 19.3. The molecule has 8 aromatic carbocycles. The fourth-order valence-corrected chi connectivity index (χ4v) is 7.30. The lowest BCUT2D eigenvalue weighted by atomic mass is 9.97. The predicted molar refractivity (Wildman–Crippen MR) is 230 cm³/mol. The summed E-state index contributed by atoms with van der Waals surface area (Å²) in [6.45, 7) is 4.23. The van der Waals surface area contributed by atoms with Crippen LogP contribution in [0.4, 0.5) is 79.0 Å². The maximum absolute atomic E-state index is 14.8. The van der Waals surface area contributed by atoms with Crippen LogP contribution in [0.3, 0.4) is 0 Å². The molecule has 0 aliphatic heterocycles. The van der Waals surface area contributed by atoms with E-state index in [2.05, 4.69) is 9.47 Å². The molecule has 0 amide bonds. The number of hydrogen-bond acceptors (Lipinski definition) is 2. The van der Waals surface area contributed by atoms with Crippen LogP contribution < -0.4 is 9.47 Å². The zero-order valence-electron chi connectivity index (χ0n) is 37.1. The maximum Gasteiger partial charge on any atom is 0.432 e. The van der Waals surface area contributed by atoms with Crippen molar-refractivity contribution < 1.29 is 88.5 Å². The quantitative estimate of drug-likeness (QED) is 0.100. The highest BCUT2D eigenvalue weighted by molar-refractivity contribution is 5.73. The number of alkyl halides is 4. The molecule has 0 radical (unpaired) electrons. The van der Waals surface area contributed by atoms with Crippen LogP contribution in [0.5, 0.6) is 11.5 Å². The largest absolute Gasteiger partial charge is 0.432 e. The van der Waals surface area contributed by atoms with Gasteiger partial charge in [-0.3, -0.25) is 0 Å². The normalized spacial score (nSPS) is 11.6. The van der Waals surface area contributed by atoms with Gasteiger partial charge in [-0.1, -0.05) is 24.3 Å². The number of ether oxygens (including phenoxy) is 2. The Hall–Kier alpha value is -7.90. The number of benzene rings is 8. The second-order valence-electron chi connectivity index (χ2n) is 16.1. The van der Waals surface area contributed by atoms with Crippen molar-refractivity contribution >= 4 is 0 Å². The number of aryl methyl sites for hydroxylation is 2. The van der Waals surface area contributed by atoms with Crippen molar-refractivity contribution in [3.8, 4) is 56.0 Å². The molecule has 378 valence electrons. The van der Waals surface area contributed by atoms with Crippen molar-refractivity contribution in [2.75, 3.05) is 0 Å². The van der Waals surface area contributed by atoms with Crippen molar-refractivity contribution in [3.05, 3.63) is 225 Å². The van der Waals surface area contributed by atoms with Crippen LogP contribution in [0.15, 0.2) is 115 Å².